The summed E-state index contributed by atoms with van der Waals surface area (Å²) in [6.45, 7) is 3.16. The van der Waals surface area contributed by atoms with Crippen molar-refractivity contribution in [3.8, 4) is 0 Å². The molecule has 0 spiro atoms. The lowest BCUT2D eigenvalue weighted by Gasteiger charge is -2.09. The van der Waals surface area contributed by atoms with Crippen LogP contribution in [0.15, 0.2) is 12.1 Å². The second-order valence-electron chi connectivity index (χ2n) is 4.01. The molecular weight excluding hydrogens is 234 g/mol. The van der Waals surface area contributed by atoms with Crippen LogP contribution in [0.3, 0.4) is 0 Å². The molecule has 0 radical (unpaired) electrons. The predicted octanol–water partition coefficient (Wildman–Crippen LogP) is -0.473. The molecule has 0 aliphatic carbocycles. The maximum Gasteiger partial charge on any atom is 0.272 e. The quantitative estimate of drug-likeness (QED) is 0.670. The van der Waals surface area contributed by atoms with E-state index < -0.39 is 0 Å². The molecule has 0 aromatic carbocycles. The monoisotopic (exact) mass is 249 g/mol. The summed E-state index contributed by atoms with van der Waals surface area (Å²) in [5, 5.41) is 16.1. The molecule has 1 aromatic rings. The highest BCUT2D eigenvalue weighted by molar-refractivity contribution is 5.93. The number of hydrogen-bond donors (Lipinski definition) is 3. The van der Waals surface area contributed by atoms with Crippen molar-refractivity contribution in [2.75, 3.05) is 18.4 Å². The van der Waals surface area contributed by atoms with E-state index in [4.69, 9.17) is 0 Å². The number of hydrogen-bond acceptors (Lipinski definition) is 5. The lowest BCUT2D eigenvalue weighted by Crippen LogP contribution is -2.36. The van der Waals surface area contributed by atoms with Crippen molar-refractivity contribution < 1.29 is 9.59 Å². The molecule has 3 N–H and O–H groups in total. The number of rotatable bonds is 4. The first kappa shape index (κ1) is 12.3. The summed E-state index contributed by atoms with van der Waals surface area (Å²) in [4.78, 5) is 22.8. The number of amides is 2. The minimum Gasteiger partial charge on any atom is -0.369 e. The average Bonchev–Trinajstić information content (AvgIpc) is 2.76. The minimum atomic E-state index is -0.313. The fourth-order valence-electron chi connectivity index (χ4n) is 1.70. The molecule has 2 amide bonds. The molecule has 1 fully saturated rings. The molecule has 1 aliphatic rings. The smallest absolute Gasteiger partial charge is 0.272 e. The molecule has 18 heavy (non-hydrogen) atoms. The van der Waals surface area contributed by atoms with Crippen molar-refractivity contribution >= 4 is 17.6 Å². The van der Waals surface area contributed by atoms with Gasteiger partial charge in [0, 0.05) is 19.5 Å². The topological polar surface area (TPSA) is 96.0 Å². The van der Waals surface area contributed by atoms with Gasteiger partial charge in [0.25, 0.3) is 5.91 Å². The fourth-order valence-corrected chi connectivity index (χ4v) is 1.70. The molecular formula is C11H15N5O2. The minimum absolute atomic E-state index is 0.0473. The van der Waals surface area contributed by atoms with E-state index in [1.807, 2.05) is 6.92 Å². The number of nitrogens with zero attached hydrogens (tertiary/aromatic N) is 2. The van der Waals surface area contributed by atoms with Gasteiger partial charge in [-0.25, -0.2) is 0 Å². The van der Waals surface area contributed by atoms with E-state index in [0.717, 1.165) is 6.54 Å². The van der Waals surface area contributed by atoms with Crippen LogP contribution in [0.4, 0.5) is 5.82 Å². The Labute approximate surface area is 104 Å². The third-order valence-corrected chi connectivity index (χ3v) is 2.57. The number of nitrogens with one attached hydrogen (secondary N) is 3. The molecule has 1 atom stereocenters. The molecule has 96 valence electrons. The molecule has 7 nitrogen and oxygen atoms in total. The molecule has 2 rings (SSSR count). The lowest BCUT2D eigenvalue weighted by molar-refractivity contribution is -0.119. The first-order valence-electron chi connectivity index (χ1n) is 5.84. The third kappa shape index (κ3) is 2.93. The van der Waals surface area contributed by atoms with E-state index in [1.54, 1.807) is 12.1 Å². The first-order valence-corrected chi connectivity index (χ1v) is 5.84. The normalized spacial score (nSPS) is 18.3. The van der Waals surface area contributed by atoms with Crippen LogP contribution in [0.2, 0.25) is 0 Å². The standard InChI is InChI=1S/C11H15N5O2/c1-2-12-9-4-3-8(15-16-9)11(18)14-7-5-10(17)13-6-7/h3-4,7H,2,5-6H2,1H3,(H,12,16)(H,13,17)(H,14,18). The van der Waals surface area contributed by atoms with Crippen molar-refractivity contribution in [1.82, 2.24) is 20.8 Å². The van der Waals surface area contributed by atoms with E-state index in [2.05, 4.69) is 26.1 Å². The Balaban J connectivity index is 1.94. The van der Waals surface area contributed by atoms with E-state index in [9.17, 15) is 9.59 Å². The van der Waals surface area contributed by atoms with Gasteiger partial charge in [0.2, 0.25) is 5.91 Å². The van der Waals surface area contributed by atoms with Crippen LogP contribution in [-0.2, 0) is 4.79 Å². The Morgan fingerprint density at radius 3 is 2.89 bits per heavy atom. The highest BCUT2D eigenvalue weighted by Crippen LogP contribution is 2.04. The van der Waals surface area contributed by atoms with Crippen LogP contribution >= 0.6 is 0 Å². The fraction of sp³-hybridized carbons (Fsp3) is 0.455. The van der Waals surface area contributed by atoms with Crippen LogP contribution in [0, 0.1) is 0 Å². The van der Waals surface area contributed by atoms with E-state index in [0.29, 0.717) is 18.8 Å². The maximum absolute atomic E-state index is 11.8. The van der Waals surface area contributed by atoms with Crippen molar-refractivity contribution in [2.24, 2.45) is 0 Å². The van der Waals surface area contributed by atoms with Gasteiger partial charge in [-0.15, -0.1) is 10.2 Å². The Hall–Kier alpha value is -2.18. The second-order valence-corrected chi connectivity index (χ2v) is 4.01. The zero-order chi connectivity index (χ0) is 13.0. The van der Waals surface area contributed by atoms with Gasteiger partial charge >= 0.3 is 0 Å². The molecule has 7 heteroatoms. The molecule has 1 aliphatic heterocycles. The van der Waals surface area contributed by atoms with E-state index >= 15 is 0 Å². The van der Waals surface area contributed by atoms with Gasteiger partial charge < -0.3 is 16.0 Å². The van der Waals surface area contributed by atoms with Crippen LogP contribution in [-0.4, -0.2) is 41.1 Å². The van der Waals surface area contributed by atoms with Gasteiger partial charge in [0.15, 0.2) is 5.69 Å². The Morgan fingerprint density at radius 2 is 2.33 bits per heavy atom. The van der Waals surface area contributed by atoms with Crippen molar-refractivity contribution in [3.63, 3.8) is 0 Å². The second kappa shape index (κ2) is 5.44. The highest BCUT2D eigenvalue weighted by Gasteiger charge is 2.23. The van der Waals surface area contributed by atoms with Gasteiger partial charge in [0.05, 0.1) is 6.04 Å². The largest absolute Gasteiger partial charge is 0.369 e. The van der Waals surface area contributed by atoms with Crippen LogP contribution in [0.1, 0.15) is 23.8 Å². The number of carbonyl (C=O) groups excluding carboxylic acids is 2. The number of carbonyl (C=O) groups is 2. The van der Waals surface area contributed by atoms with Gasteiger partial charge in [-0.2, -0.15) is 0 Å². The highest BCUT2D eigenvalue weighted by atomic mass is 16.2. The summed E-state index contributed by atoms with van der Waals surface area (Å²) in [7, 11) is 0. The van der Waals surface area contributed by atoms with Crippen LogP contribution < -0.4 is 16.0 Å². The Morgan fingerprint density at radius 1 is 1.50 bits per heavy atom. The zero-order valence-corrected chi connectivity index (χ0v) is 10.1. The van der Waals surface area contributed by atoms with Crippen LogP contribution in [0.25, 0.3) is 0 Å². The Kier molecular flexibility index (Phi) is 3.71. The van der Waals surface area contributed by atoms with E-state index in [-0.39, 0.29) is 23.6 Å². The first-order chi connectivity index (χ1) is 8.69. The average molecular weight is 249 g/mol. The van der Waals surface area contributed by atoms with Crippen molar-refractivity contribution in [1.29, 1.82) is 0 Å². The zero-order valence-electron chi connectivity index (χ0n) is 10.1. The summed E-state index contributed by atoms with van der Waals surface area (Å²) in [5.41, 5.74) is 0.246. The molecule has 0 bridgehead atoms. The van der Waals surface area contributed by atoms with Crippen molar-refractivity contribution in [3.05, 3.63) is 17.8 Å². The summed E-state index contributed by atoms with van der Waals surface area (Å²) in [5.74, 6) is 0.271. The Bertz CT molecular complexity index is 445. The lowest BCUT2D eigenvalue weighted by atomic mass is 10.2. The predicted molar refractivity (Wildman–Crippen MR) is 65.1 cm³/mol. The number of aromatic nitrogens is 2. The molecule has 2 heterocycles. The summed E-state index contributed by atoms with van der Waals surface area (Å²) < 4.78 is 0. The molecule has 1 unspecified atom stereocenters. The third-order valence-electron chi connectivity index (χ3n) is 2.57. The summed E-state index contributed by atoms with van der Waals surface area (Å²) in [6, 6.07) is 3.13. The molecule has 1 aromatic heterocycles. The van der Waals surface area contributed by atoms with Gasteiger partial charge in [-0.1, -0.05) is 0 Å². The number of anilines is 1. The van der Waals surface area contributed by atoms with Crippen LogP contribution in [0.5, 0.6) is 0 Å². The van der Waals surface area contributed by atoms with Gasteiger partial charge in [0.1, 0.15) is 5.82 Å². The maximum atomic E-state index is 11.8. The van der Waals surface area contributed by atoms with Gasteiger partial charge in [-0.05, 0) is 19.1 Å². The van der Waals surface area contributed by atoms with Gasteiger partial charge in [-0.3, -0.25) is 9.59 Å². The molecule has 0 saturated carbocycles. The van der Waals surface area contributed by atoms with Crippen molar-refractivity contribution in [2.45, 2.75) is 19.4 Å². The summed E-state index contributed by atoms with van der Waals surface area (Å²) in [6.07, 6.45) is 0.314. The summed E-state index contributed by atoms with van der Waals surface area (Å²) >= 11 is 0. The van der Waals surface area contributed by atoms with E-state index in [1.165, 1.54) is 0 Å². The SMILES string of the molecule is CCNc1ccc(C(=O)NC2CNC(=O)C2)nn1. The molecule has 1 saturated heterocycles.